The van der Waals surface area contributed by atoms with Crippen LogP contribution in [0.25, 0.3) is 16.9 Å². The van der Waals surface area contributed by atoms with Crippen LogP contribution in [-0.4, -0.2) is 23.2 Å². The molecule has 0 fully saturated rings. The summed E-state index contributed by atoms with van der Waals surface area (Å²) >= 11 is 0. The van der Waals surface area contributed by atoms with Gasteiger partial charge in [0.1, 0.15) is 4.90 Å². The van der Waals surface area contributed by atoms with E-state index in [0.717, 1.165) is 6.20 Å². The molecule has 0 amide bonds. The lowest BCUT2D eigenvalue weighted by Crippen LogP contribution is -2.18. The maximum absolute atomic E-state index is 12.5. The highest BCUT2D eigenvalue weighted by Gasteiger charge is 2.13. The Kier molecular flexibility index (Phi) is 3.76. The fraction of sp³-hybridized carbons (Fsp3) is 0. The van der Waals surface area contributed by atoms with Crippen LogP contribution in [0.2, 0.25) is 0 Å². The first-order valence-electron chi connectivity index (χ1n) is 6.70. The standard InChI is InChI=1S/C15H11N5O3S/c16-7-10-1-3-11(4-2-10)13-9-19-20(15(13)21)14-6-5-12(8-18-14)24(17,22)23/h1-6,8-9,19H,(H2,17,22,23). The lowest BCUT2D eigenvalue weighted by molar-refractivity contribution is 0.597. The maximum Gasteiger partial charge on any atom is 0.280 e. The number of hydrogen-bond donors (Lipinski definition) is 2. The number of nitrogens with one attached hydrogen (secondary N) is 1. The van der Waals surface area contributed by atoms with E-state index in [1.54, 1.807) is 24.3 Å². The first kappa shape index (κ1) is 15.7. The Bertz CT molecular complexity index is 1090. The average molecular weight is 341 g/mol. The quantitative estimate of drug-likeness (QED) is 0.724. The minimum absolute atomic E-state index is 0.141. The third kappa shape index (κ3) is 2.83. The van der Waals surface area contributed by atoms with Gasteiger partial charge >= 0.3 is 0 Å². The molecule has 0 atom stereocenters. The summed E-state index contributed by atoms with van der Waals surface area (Å²) < 4.78 is 23.6. The van der Waals surface area contributed by atoms with Gasteiger partial charge in [-0.2, -0.15) is 5.26 Å². The Labute approximate surface area is 136 Å². The maximum atomic E-state index is 12.5. The number of rotatable bonds is 3. The molecule has 3 aromatic rings. The molecule has 0 saturated carbocycles. The van der Waals surface area contributed by atoms with Crippen LogP contribution in [0.4, 0.5) is 0 Å². The molecule has 0 bridgehead atoms. The number of H-pyrrole nitrogens is 1. The van der Waals surface area contributed by atoms with Gasteiger partial charge in [-0.05, 0) is 29.8 Å². The molecule has 1 aromatic carbocycles. The van der Waals surface area contributed by atoms with E-state index < -0.39 is 10.0 Å². The first-order chi connectivity index (χ1) is 11.4. The van der Waals surface area contributed by atoms with Crippen molar-refractivity contribution < 1.29 is 8.42 Å². The molecule has 0 radical (unpaired) electrons. The van der Waals surface area contributed by atoms with Crippen LogP contribution < -0.4 is 10.7 Å². The fourth-order valence-corrected chi connectivity index (χ4v) is 2.60. The van der Waals surface area contributed by atoms with Gasteiger partial charge in [0.25, 0.3) is 5.56 Å². The first-order valence-corrected chi connectivity index (χ1v) is 8.25. The number of nitrogens with zero attached hydrogens (tertiary/aromatic N) is 3. The zero-order valence-corrected chi connectivity index (χ0v) is 13.0. The second-order valence-electron chi connectivity index (χ2n) is 4.91. The van der Waals surface area contributed by atoms with Crippen molar-refractivity contribution in [3.63, 3.8) is 0 Å². The molecule has 0 aliphatic rings. The van der Waals surface area contributed by atoms with Crippen LogP contribution in [0.15, 0.2) is 58.5 Å². The van der Waals surface area contributed by atoms with E-state index in [9.17, 15) is 13.2 Å². The highest BCUT2D eigenvalue weighted by Crippen LogP contribution is 2.16. The summed E-state index contributed by atoms with van der Waals surface area (Å²) in [4.78, 5) is 16.3. The molecule has 0 saturated heterocycles. The Morgan fingerprint density at radius 1 is 1.17 bits per heavy atom. The van der Waals surface area contributed by atoms with Crippen molar-refractivity contribution in [1.29, 1.82) is 5.26 Å². The topological polar surface area (TPSA) is 135 Å². The molecule has 3 rings (SSSR count). The number of aromatic amines is 1. The predicted octanol–water partition coefficient (Wildman–Crippen LogP) is 0.747. The smallest absolute Gasteiger partial charge is 0.280 e. The second kappa shape index (κ2) is 5.77. The van der Waals surface area contributed by atoms with Gasteiger partial charge < -0.3 is 0 Å². The largest absolute Gasteiger partial charge is 0.296 e. The molecule has 9 heteroatoms. The molecule has 0 spiro atoms. The summed E-state index contributed by atoms with van der Waals surface area (Å²) in [5.41, 5.74) is 1.19. The Morgan fingerprint density at radius 2 is 1.88 bits per heavy atom. The van der Waals surface area contributed by atoms with Gasteiger partial charge in [0.2, 0.25) is 10.0 Å². The molecule has 2 aromatic heterocycles. The number of primary sulfonamides is 1. The van der Waals surface area contributed by atoms with Gasteiger partial charge in [0.05, 0.1) is 17.2 Å². The van der Waals surface area contributed by atoms with Gasteiger partial charge in [0.15, 0.2) is 5.82 Å². The van der Waals surface area contributed by atoms with Gasteiger partial charge in [-0.15, -0.1) is 0 Å². The Morgan fingerprint density at radius 3 is 2.42 bits per heavy atom. The van der Waals surface area contributed by atoms with Crippen molar-refractivity contribution in [2.75, 3.05) is 0 Å². The average Bonchev–Trinajstić information content (AvgIpc) is 2.96. The summed E-state index contributed by atoms with van der Waals surface area (Å²) in [5.74, 6) is 0.229. The minimum Gasteiger partial charge on any atom is -0.296 e. The Balaban J connectivity index is 2.01. The van der Waals surface area contributed by atoms with E-state index in [0.29, 0.717) is 16.7 Å². The SMILES string of the molecule is N#Cc1ccc(-c2c[nH]n(-c3ccc(S(N)(=O)=O)cn3)c2=O)cc1. The number of hydrogen-bond acceptors (Lipinski definition) is 5. The lowest BCUT2D eigenvalue weighted by Gasteiger charge is -2.02. The van der Waals surface area contributed by atoms with Crippen molar-refractivity contribution in [2.45, 2.75) is 4.90 Å². The van der Waals surface area contributed by atoms with Crippen LogP contribution in [0, 0.1) is 11.3 Å². The van der Waals surface area contributed by atoms with Gasteiger partial charge in [-0.3, -0.25) is 9.89 Å². The highest BCUT2D eigenvalue weighted by molar-refractivity contribution is 7.89. The van der Waals surface area contributed by atoms with E-state index in [1.807, 2.05) is 6.07 Å². The van der Waals surface area contributed by atoms with Crippen LogP contribution in [0.5, 0.6) is 0 Å². The second-order valence-corrected chi connectivity index (χ2v) is 6.48. The fourth-order valence-electron chi connectivity index (χ4n) is 2.14. The Hall–Kier alpha value is -3.22. The van der Waals surface area contributed by atoms with Crippen LogP contribution in [0.1, 0.15) is 5.56 Å². The molecule has 8 nitrogen and oxygen atoms in total. The van der Waals surface area contributed by atoms with Gasteiger partial charge in [-0.25, -0.2) is 23.2 Å². The third-order valence-corrected chi connectivity index (χ3v) is 4.27. The summed E-state index contributed by atoms with van der Waals surface area (Å²) in [6.45, 7) is 0. The van der Waals surface area contributed by atoms with Gasteiger partial charge in [-0.1, -0.05) is 12.1 Å². The zero-order valence-electron chi connectivity index (χ0n) is 12.2. The van der Waals surface area contributed by atoms with Gasteiger partial charge in [0, 0.05) is 12.4 Å². The molecule has 120 valence electrons. The molecule has 0 unspecified atom stereocenters. The zero-order chi connectivity index (χ0) is 17.3. The predicted molar refractivity (Wildman–Crippen MR) is 85.7 cm³/mol. The van der Waals surface area contributed by atoms with E-state index in [1.165, 1.54) is 23.0 Å². The normalized spacial score (nSPS) is 11.2. The van der Waals surface area contributed by atoms with Crippen molar-refractivity contribution in [1.82, 2.24) is 14.8 Å². The van der Waals surface area contributed by atoms with E-state index >= 15 is 0 Å². The lowest BCUT2D eigenvalue weighted by atomic mass is 10.1. The van der Waals surface area contributed by atoms with Crippen LogP contribution >= 0.6 is 0 Å². The minimum atomic E-state index is -3.84. The molecule has 0 aliphatic heterocycles. The number of nitriles is 1. The molecule has 24 heavy (non-hydrogen) atoms. The van der Waals surface area contributed by atoms with Crippen molar-refractivity contribution in [3.05, 3.63) is 64.7 Å². The number of sulfonamides is 1. The number of benzene rings is 1. The monoisotopic (exact) mass is 341 g/mol. The molecule has 3 N–H and O–H groups in total. The molecular weight excluding hydrogens is 330 g/mol. The van der Waals surface area contributed by atoms with E-state index in [-0.39, 0.29) is 16.3 Å². The van der Waals surface area contributed by atoms with Crippen LogP contribution in [-0.2, 0) is 10.0 Å². The summed E-state index contributed by atoms with van der Waals surface area (Å²) in [6, 6.07) is 11.2. The van der Waals surface area contributed by atoms with Crippen molar-refractivity contribution in [3.8, 4) is 23.0 Å². The third-order valence-electron chi connectivity index (χ3n) is 3.37. The molecule has 0 aliphatic carbocycles. The summed E-state index contributed by atoms with van der Waals surface area (Å²) in [7, 11) is -3.84. The number of aromatic nitrogens is 3. The van der Waals surface area contributed by atoms with Crippen molar-refractivity contribution >= 4 is 10.0 Å². The summed E-state index contributed by atoms with van der Waals surface area (Å²) in [5, 5.41) is 16.6. The highest BCUT2D eigenvalue weighted by atomic mass is 32.2. The summed E-state index contributed by atoms with van der Waals surface area (Å²) in [6.07, 6.45) is 2.60. The number of nitrogens with two attached hydrogens (primary N) is 1. The molecular formula is C15H11N5O3S. The van der Waals surface area contributed by atoms with E-state index in [4.69, 9.17) is 10.4 Å². The molecule has 2 heterocycles. The number of pyridine rings is 1. The van der Waals surface area contributed by atoms with Crippen molar-refractivity contribution in [2.24, 2.45) is 5.14 Å². The van der Waals surface area contributed by atoms with Crippen LogP contribution in [0.3, 0.4) is 0 Å². The van der Waals surface area contributed by atoms with E-state index in [2.05, 4.69) is 10.1 Å².